The lowest BCUT2D eigenvalue weighted by Crippen LogP contribution is -2.53. The summed E-state index contributed by atoms with van der Waals surface area (Å²) in [5, 5.41) is 8.18. The molecule has 1 aliphatic heterocycles. The van der Waals surface area contributed by atoms with E-state index in [-0.39, 0.29) is 24.4 Å². The third kappa shape index (κ3) is 2.67. The number of aromatic amines is 1. The molecule has 0 aromatic carbocycles. The molecular weight excluding hydrogens is 252 g/mol. The highest BCUT2D eigenvalue weighted by molar-refractivity contribution is 6.03. The number of H-pyrrole nitrogens is 1. The number of aromatic nitrogens is 2. The van der Waals surface area contributed by atoms with Crippen molar-refractivity contribution in [2.24, 2.45) is 0 Å². The van der Waals surface area contributed by atoms with Crippen molar-refractivity contribution in [3.8, 4) is 0 Å². The van der Waals surface area contributed by atoms with Crippen LogP contribution in [-0.2, 0) is 9.59 Å². The normalized spacial score (nSPS) is 19.4. The summed E-state index contributed by atoms with van der Waals surface area (Å²) in [6.45, 7) is 0. The zero-order valence-electron chi connectivity index (χ0n) is 10.2. The van der Waals surface area contributed by atoms with Gasteiger partial charge in [0.1, 0.15) is 11.7 Å². The van der Waals surface area contributed by atoms with Crippen LogP contribution < -0.4 is 10.9 Å². The van der Waals surface area contributed by atoms with Gasteiger partial charge in [-0.3, -0.25) is 24.1 Å². The minimum atomic E-state index is -0.746. The first-order valence-corrected chi connectivity index (χ1v) is 5.66. The smallest absolute Gasteiger partial charge is 0.272 e. The van der Waals surface area contributed by atoms with E-state index >= 15 is 0 Å². The molecule has 1 aromatic heterocycles. The number of hydrogen-bond acceptors (Lipinski definition) is 5. The van der Waals surface area contributed by atoms with E-state index in [0.717, 1.165) is 4.90 Å². The van der Waals surface area contributed by atoms with Gasteiger partial charge in [0.25, 0.3) is 17.4 Å². The van der Waals surface area contributed by atoms with Crippen LogP contribution in [0.25, 0.3) is 0 Å². The number of carbonyl (C=O) groups excluding carboxylic acids is 3. The van der Waals surface area contributed by atoms with Crippen molar-refractivity contribution < 1.29 is 14.4 Å². The molecule has 1 saturated heterocycles. The summed E-state index contributed by atoms with van der Waals surface area (Å²) < 4.78 is 0. The monoisotopic (exact) mass is 264 g/mol. The molecule has 2 heterocycles. The molecule has 0 radical (unpaired) electrons. The van der Waals surface area contributed by atoms with Crippen LogP contribution >= 0.6 is 0 Å². The molecule has 1 aromatic rings. The molecule has 100 valence electrons. The van der Waals surface area contributed by atoms with E-state index in [1.54, 1.807) is 0 Å². The van der Waals surface area contributed by atoms with Crippen LogP contribution in [0.5, 0.6) is 0 Å². The van der Waals surface area contributed by atoms with Crippen molar-refractivity contribution in [2.75, 3.05) is 7.05 Å². The van der Waals surface area contributed by atoms with Crippen molar-refractivity contribution in [3.05, 3.63) is 28.2 Å². The first-order valence-electron chi connectivity index (χ1n) is 5.66. The lowest BCUT2D eigenvalue weighted by molar-refractivity contribution is -0.147. The van der Waals surface area contributed by atoms with E-state index in [9.17, 15) is 19.2 Å². The Bertz CT molecular complexity index is 574. The molecule has 1 unspecified atom stereocenters. The third-order valence-corrected chi connectivity index (χ3v) is 2.87. The van der Waals surface area contributed by atoms with Gasteiger partial charge in [-0.25, -0.2) is 5.10 Å². The standard InChI is InChI=1S/C11H12N4O4/c1-15-9(17)5-3-7(11(15)19)12-10(18)6-2-4-8(16)14-13-6/h2,4,7H,3,5H2,1H3,(H,12,18)(H,14,16). The molecule has 8 heteroatoms. The van der Waals surface area contributed by atoms with Crippen LogP contribution in [0.4, 0.5) is 0 Å². The van der Waals surface area contributed by atoms with Gasteiger partial charge in [0, 0.05) is 19.5 Å². The van der Waals surface area contributed by atoms with Crippen LogP contribution in [0.2, 0.25) is 0 Å². The second-order valence-electron chi connectivity index (χ2n) is 4.16. The van der Waals surface area contributed by atoms with Crippen molar-refractivity contribution >= 4 is 17.7 Å². The molecule has 0 spiro atoms. The summed E-state index contributed by atoms with van der Waals surface area (Å²) in [4.78, 5) is 46.7. The predicted molar refractivity (Wildman–Crippen MR) is 63.1 cm³/mol. The zero-order valence-corrected chi connectivity index (χ0v) is 10.2. The topological polar surface area (TPSA) is 112 Å². The van der Waals surface area contributed by atoms with E-state index in [4.69, 9.17) is 0 Å². The summed E-state index contributed by atoms with van der Waals surface area (Å²) in [6.07, 6.45) is 0.462. The maximum absolute atomic E-state index is 11.8. The first-order chi connectivity index (χ1) is 8.99. The van der Waals surface area contributed by atoms with Gasteiger partial charge >= 0.3 is 0 Å². The third-order valence-electron chi connectivity index (χ3n) is 2.87. The zero-order chi connectivity index (χ0) is 14.0. The van der Waals surface area contributed by atoms with Crippen LogP contribution in [-0.4, -0.2) is 45.9 Å². The molecule has 19 heavy (non-hydrogen) atoms. The van der Waals surface area contributed by atoms with Crippen molar-refractivity contribution in [3.63, 3.8) is 0 Å². The molecular formula is C11H12N4O4. The Balaban J connectivity index is 2.07. The second-order valence-corrected chi connectivity index (χ2v) is 4.16. The molecule has 1 fully saturated rings. The highest BCUT2D eigenvalue weighted by atomic mass is 16.2. The molecule has 3 amide bonds. The second kappa shape index (κ2) is 5.01. The highest BCUT2D eigenvalue weighted by Gasteiger charge is 2.32. The molecule has 2 rings (SSSR count). The summed E-state index contributed by atoms with van der Waals surface area (Å²) in [6, 6.07) is 1.68. The fourth-order valence-corrected chi connectivity index (χ4v) is 1.75. The van der Waals surface area contributed by atoms with Gasteiger partial charge < -0.3 is 5.32 Å². The molecule has 1 atom stereocenters. The average Bonchev–Trinajstić information content (AvgIpc) is 2.40. The molecule has 0 aliphatic carbocycles. The first kappa shape index (κ1) is 12.9. The Morgan fingerprint density at radius 2 is 2.16 bits per heavy atom. The van der Waals surface area contributed by atoms with E-state index < -0.39 is 23.4 Å². The molecule has 0 saturated carbocycles. The number of imide groups is 1. The number of nitrogens with zero attached hydrogens (tertiary/aromatic N) is 2. The summed E-state index contributed by atoms with van der Waals surface area (Å²) in [7, 11) is 1.38. The fraction of sp³-hybridized carbons (Fsp3) is 0.364. The Kier molecular flexibility index (Phi) is 3.41. The Morgan fingerprint density at radius 3 is 2.79 bits per heavy atom. The van der Waals surface area contributed by atoms with Gasteiger partial charge in [-0.2, -0.15) is 5.10 Å². The van der Waals surface area contributed by atoms with Crippen molar-refractivity contribution in [2.45, 2.75) is 18.9 Å². The van der Waals surface area contributed by atoms with Gasteiger partial charge in [0.2, 0.25) is 5.91 Å². The maximum atomic E-state index is 11.8. The van der Waals surface area contributed by atoms with Crippen LogP contribution in [0, 0.1) is 0 Å². The Morgan fingerprint density at radius 1 is 1.42 bits per heavy atom. The van der Waals surface area contributed by atoms with E-state index in [0.29, 0.717) is 0 Å². The molecule has 8 nitrogen and oxygen atoms in total. The fourth-order valence-electron chi connectivity index (χ4n) is 1.75. The number of piperidine rings is 1. The van der Waals surface area contributed by atoms with Crippen LogP contribution in [0.15, 0.2) is 16.9 Å². The van der Waals surface area contributed by atoms with E-state index in [1.165, 1.54) is 19.2 Å². The van der Waals surface area contributed by atoms with E-state index in [1.807, 2.05) is 0 Å². The summed E-state index contributed by atoms with van der Waals surface area (Å²) in [5.74, 6) is -1.29. The minimum Gasteiger partial charge on any atom is -0.339 e. The van der Waals surface area contributed by atoms with Crippen LogP contribution in [0.1, 0.15) is 23.3 Å². The number of likely N-dealkylation sites (N-methyl/N-ethyl adjacent to an activating group) is 1. The number of hydrogen-bond donors (Lipinski definition) is 2. The minimum absolute atomic E-state index is 0.00644. The Labute approximate surface area is 107 Å². The average molecular weight is 264 g/mol. The van der Waals surface area contributed by atoms with Crippen molar-refractivity contribution in [1.82, 2.24) is 20.4 Å². The molecule has 1 aliphatic rings. The largest absolute Gasteiger partial charge is 0.339 e. The summed E-state index contributed by atoms with van der Waals surface area (Å²) in [5.41, 5.74) is -0.414. The number of rotatable bonds is 2. The van der Waals surface area contributed by atoms with Gasteiger partial charge in [-0.15, -0.1) is 0 Å². The quantitative estimate of drug-likeness (QED) is 0.641. The SMILES string of the molecule is CN1C(=O)CCC(NC(=O)c2ccc(=O)[nH]n2)C1=O. The predicted octanol–water partition coefficient (Wildman–Crippen LogP) is -1.35. The maximum Gasteiger partial charge on any atom is 0.272 e. The molecule has 2 N–H and O–H groups in total. The van der Waals surface area contributed by atoms with Gasteiger partial charge in [0.05, 0.1) is 0 Å². The number of likely N-dealkylation sites (tertiary alicyclic amines) is 1. The number of nitrogens with one attached hydrogen (secondary N) is 2. The van der Waals surface area contributed by atoms with E-state index in [2.05, 4.69) is 15.5 Å². The molecule has 0 bridgehead atoms. The summed E-state index contributed by atoms with van der Waals surface area (Å²) >= 11 is 0. The Hall–Kier alpha value is -2.51. The van der Waals surface area contributed by atoms with Gasteiger partial charge in [-0.05, 0) is 12.5 Å². The van der Waals surface area contributed by atoms with Crippen molar-refractivity contribution in [1.29, 1.82) is 0 Å². The van der Waals surface area contributed by atoms with Crippen LogP contribution in [0.3, 0.4) is 0 Å². The highest BCUT2D eigenvalue weighted by Crippen LogP contribution is 2.11. The van der Waals surface area contributed by atoms with Gasteiger partial charge in [0.15, 0.2) is 0 Å². The van der Waals surface area contributed by atoms with Gasteiger partial charge in [-0.1, -0.05) is 0 Å². The number of carbonyl (C=O) groups is 3. The lowest BCUT2D eigenvalue weighted by atomic mass is 10.0. The number of amides is 3. The lowest BCUT2D eigenvalue weighted by Gasteiger charge is -2.27.